The molecule has 1 aliphatic heterocycles. The van der Waals surface area contributed by atoms with Crippen molar-refractivity contribution in [2.24, 2.45) is 11.0 Å². The number of rotatable bonds is 7. The van der Waals surface area contributed by atoms with Crippen molar-refractivity contribution in [3.8, 4) is 5.75 Å². The van der Waals surface area contributed by atoms with Crippen LogP contribution in [0.5, 0.6) is 5.75 Å². The summed E-state index contributed by atoms with van der Waals surface area (Å²) in [6.07, 6.45) is 6.47. The first-order valence-electron chi connectivity index (χ1n) is 9.30. The summed E-state index contributed by atoms with van der Waals surface area (Å²) in [6, 6.07) is 19.0. The van der Waals surface area contributed by atoms with E-state index in [2.05, 4.69) is 56.5 Å². The summed E-state index contributed by atoms with van der Waals surface area (Å²) in [5, 5.41) is 3.69. The van der Waals surface area contributed by atoms with Crippen molar-refractivity contribution in [3.05, 3.63) is 83.0 Å². The van der Waals surface area contributed by atoms with Crippen molar-refractivity contribution in [1.29, 1.82) is 0 Å². The number of nitrogens with zero attached hydrogens (tertiary/aromatic N) is 5. The molecule has 0 atom stereocenters. The molecule has 2 aliphatic rings. The van der Waals surface area contributed by atoms with Crippen LogP contribution in [0, 0.1) is 5.92 Å². The topological polar surface area (TPSA) is 64.5 Å². The van der Waals surface area contributed by atoms with E-state index in [1.807, 2.05) is 30.3 Å². The van der Waals surface area contributed by atoms with Gasteiger partial charge in [0.05, 0.1) is 6.67 Å². The van der Waals surface area contributed by atoms with E-state index >= 15 is 0 Å². The van der Waals surface area contributed by atoms with Crippen LogP contribution in [0.2, 0.25) is 0 Å². The smallest absolute Gasteiger partial charge is 0.121 e. The van der Waals surface area contributed by atoms with Crippen LogP contribution in [-0.4, -0.2) is 24.2 Å². The quantitative estimate of drug-likeness (QED) is 0.400. The average Bonchev–Trinajstić information content (AvgIpc) is 3.16. The van der Waals surface area contributed by atoms with Crippen LogP contribution in [-0.2, 0) is 6.61 Å². The van der Waals surface area contributed by atoms with E-state index in [1.54, 1.807) is 0 Å². The van der Waals surface area contributed by atoms with E-state index in [0.717, 1.165) is 36.5 Å². The molecule has 1 heterocycles. The minimum absolute atomic E-state index is 0.531. The van der Waals surface area contributed by atoms with Crippen molar-refractivity contribution < 1.29 is 4.74 Å². The Hall–Kier alpha value is -3.11. The Morgan fingerprint density at radius 2 is 1.93 bits per heavy atom. The average molecular weight is 361 g/mol. The van der Waals surface area contributed by atoms with Gasteiger partial charge in [-0.3, -0.25) is 0 Å². The molecule has 0 unspecified atom stereocenters. The van der Waals surface area contributed by atoms with E-state index in [-0.39, 0.29) is 0 Å². The highest BCUT2D eigenvalue weighted by atomic mass is 16.5. The fourth-order valence-electron chi connectivity index (χ4n) is 3.61. The highest BCUT2D eigenvalue weighted by Crippen LogP contribution is 2.35. The van der Waals surface area contributed by atoms with Crippen molar-refractivity contribution in [2.45, 2.75) is 25.5 Å². The van der Waals surface area contributed by atoms with Crippen LogP contribution < -0.4 is 9.64 Å². The number of benzene rings is 2. The van der Waals surface area contributed by atoms with E-state index < -0.39 is 0 Å². The second-order valence-corrected chi connectivity index (χ2v) is 7.10. The number of anilines is 1. The fourth-order valence-corrected chi connectivity index (χ4v) is 3.61. The molecule has 2 aromatic rings. The summed E-state index contributed by atoms with van der Waals surface area (Å²) < 4.78 is 5.95. The molecule has 2 aromatic carbocycles. The predicted octanol–water partition coefficient (Wildman–Crippen LogP) is 4.91. The molecule has 0 bridgehead atoms. The third-order valence-electron chi connectivity index (χ3n) is 5.23. The maximum atomic E-state index is 8.42. The molecule has 138 valence electrons. The molecule has 1 saturated carbocycles. The molecule has 0 saturated heterocycles. The maximum absolute atomic E-state index is 8.42. The summed E-state index contributed by atoms with van der Waals surface area (Å²) in [5.74, 6) is 1.41. The Bertz CT molecular complexity index is 841. The number of ether oxygens (including phenoxy) is 1. The Balaban J connectivity index is 1.31. The van der Waals surface area contributed by atoms with Gasteiger partial charge in [-0.05, 0) is 42.0 Å². The van der Waals surface area contributed by atoms with Gasteiger partial charge in [-0.15, -0.1) is 0 Å². The van der Waals surface area contributed by atoms with Crippen LogP contribution in [0.3, 0.4) is 0 Å². The van der Waals surface area contributed by atoms with E-state index in [4.69, 9.17) is 10.3 Å². The van der Waals surface area contributed by atoms with Crippen molar-refractivity contribution in [1.82, 2.24) is 4.90 Å². The van der Waals surface area contributed by atoms with Gasteiger partial charge in [0.2, 0.25) is 0 Å². The highest BCUT2D eigenvalue weighted by Gasteiger charge is 2.33. The lowest BCUT2D eigenvalue weighted by Gasteiger charge is -2.41. The zero-order chi connectivity index (χ0) is 18.5. The van der Waals surface area contributed by atoms with Crippen molar-refractivity contribution >= 4 is 5.69 Å². The van der Waals surface area contributed by atoms with E-state index in [1.165, 1.54) is 0 Å². The lowest BCUT2D eigenvalue weighted by Crippen LogP contribution is -2.44. The number of hydrogen-bond donors (Lipinski definition) is 0. The Kier molecular flexibility index (Phi) is 5.17. The Labute approximate surface area is 159 Å². The van der Waals surface area contributed by atoms with Gasteiger partial charge in [-0.25, -0.2) is 0 Å². The molecular formula is C21H23N5O. The molecule has 0 spiro atoms. The van der Waals surface area contributed by atoms with Gasteiger partial charge in [0.1, 0.15) is 12.4 Å². The highest BCUT2D eigenvalue weighted by molar-refractivity contribution is 5.53. The Morgan fingerprint density at radius 1 is 1.07 bits per heavy atom. The molecule has 6 heteroatoms. The summed E-state index contributed by atoms with van der Waals surface area (Å²) in [6.45, 7) is 2.04. The fraction of sp³-hybridized carbons (Fsp3) is 0.333. The van der Waals surface area contributed by atoms with Crippen LogP contribution >= 0.6 is 0 Å². The monoisotopic (exact) mass is 361 g/mol. The van der Waals surface area contributed by atoms with Gasteiger partial charge in [-0.1, -0.05) is 41.5 Å². The van der Waals surface area contributed by atoms with Gasteiger partial charge < -0.3 is 14.5 Å². The zero-order valence-corrected chi connectivity index (χ0v) is 15.2. The van der Waals surface area contributed by atoms with E-state index in [9.17, 15) is 0 Å². The van der Waals surface area contributed by atoms with Gasteiger partial charge >= 0.3 is 0 Å². The largest absolute Gasteiger partial charge is 0.489 e. The third-order valence-corrected chi connectivity index (χ3v) is 5.23. The molecule has 0 aromatic heterocycles. The number of azide groups is 1. The molecule has 27 heavy (non-hydrogen) atoms. The summed E-state index contributed by atoms with van der Waals surface area (Å²) in [5.41, 5.74) is 10.7. The SMILES string of the molecule is [N-]=[N+]=NCC1CC(N2C=CN(c3cccc(OCc4ccccc4)c3)C2)C1. The van der Waals surface area contributed by atoms with Crippen LogP contribution in [0.25, 0.3) is 10.4 Å². The number of hydrogen-bond acceptors (Lipinski definition) is 4. The summed E-state index contributed by atoms with van der Waals surface area (Å²) >= 11 is 0. The minimum Gasteiger partial charge on any atom is -0.489 e. The van der Waals surface area contributed by atoms with E-state index in [0.29, 0.717) is 25.1 Å². The first-order chi connectivity index (χ1) is 13.3. The van der Waals surface area contributed by atoms with Gasteiger partial charge in [0.25, 0.3) is 0 Å². The minimum atomic E-state index is 0.531. The molecule has 0 radical (unpaired) electrons. The second kappa shape index (κ2) is 8.06. The zero-order valence-electron chi connectivity index (χ0n) is 15.2. The first kappa shape index (κ1) is 17.3. The first-order valence-corrected chi connectivity index (χ1v) is 9.30. The molecule has 1 aliphatic carbocycles. The van der Waals surface area contributed by atoms with Crippen molar-refractivity contribution in [3.63, 3.8) is 0 Å². The Morgan fingerprint density at radius 3 is 2.74 bits per heavy atom. The molecule has 1 fully saturated rings. The second-order valence-electron chi connectivity index (χ2n) is 7.10. The lowest BCUT2D eigenvalue weighted by atomic mass is 9.79. The lowest BCUT2D eigenvalue weighted by molar-refractivity contribution is 0.132. The van der Waals surface area contributed by atoms with Gasteiger partial charge in [0.15, 0.2) is 0 Å². The standard InChI is InChI=1S/C21H23N5O/c22-24-23-14-18-11-20(12-18)26-10-9-25(16-26)19-7-4-8-21(13-19)27-15-17-5-2-1-3-6-17/h1-10,13,18,20H,11-12,14-16H2. The molecule has 0 amide bonds. The van der Waals surface area contributed by atoms with Crippen LogP contribution in [0.15, 0.2) is 72.1 Å². The third kappa shape index (κ3) is 4.18. The van der Waals surface area contributed by atoms with Gasteiger partial charge in [-0.2, -0.15) is 0 Å². The van der Waals surface area contributed by atoms with Crippen molar-refractivity contribution in [2.75, 3.05) is 18.1 Å². The molecular weight excluding hydrogens is 338 g/mol. The van der Waals surface area contributed by atoms with Crippen LogP contribution in [0.4, 0.5) is 5.69 Å². The maximum Gasteiger partial charge on any atom is 0.121 e. The summed E-state index contributed by atoms with van der Waals surface area (Å²) in [7, 11) is 0. The molecule has 0 N–H and O–H groups in total. The van der Waals surface area contributed by atoms with Gasteiger partial charge in [0, 0.05) is 41.7 Å². The molecule has 6 nitrogen and oxygen atoms in total. The predicted molar refractivity (Wildman–Crippen MR) is 106 cm³/mol. The molecule has 4 rings (SSSR count). The normalized spacial score (nSPS) is 20.9. The summed E-state index contributed by atoms with van der Waals surface area (Å²) in [4.78, 5) is 7.45. The van der Waals surface area contributed by atoms with Crippen LogP contribution in [0.1, 0.15) is 18.4 Å².